The fourth-order valence-corrected chi connectivity index (χ4v) is 2.29. The molecule has 0 radical (unpaired) electrons. The van der Waals surface area contributed by atoms with Crippen LogP contribution in [0, 0.1) is 6.92 Å². The molecular weight excluding hydrogens is 210 g/mol. The van der Waals surface area contributed by atoms with Crippen molar-refractivity contribution in [3.8, 4) is 0 Å². The van der Waals surface area contributed by atoms with E-state index >= 15 is 0 Å². The van der Waals surface area contributed by atoms with Crippen LogP contribution in [0.1, 0.15) is 12.5 Å². The maximum Gasteiger partial charge on any atom is 0.223 e. The van der Waals surface area contributed by atoms with Gasteiger partial charge < -0.3 is 11.1 Å². The molecule has 2 rings (SSSR count). The van der Waals surface area contributed by atoms with Gasteiger partial charge in [-0.15, -0.1) is 0 Å². The summed E-state index contributed by atoms with van der Waals surface area (Å²) in [6.07, 6.45) is 0. The van der Waals surface area contributed by atoms with Crippen LogP contribution in [0.15, 0.2) is 12.1 Å². The van der Waals surface area contributed by atoms with Crippen molar-refractivity contribution in [1.29, 1.82) is 0 Å². The van der Waals surface area contributed by atoms with Crippen LogP contribution in [0.2, 0.25) is 0 Å². The Morgan fingerprint density at radius 1 is 1.53 bits per heavy atom. The molecule has 15 heavy (non-hydrogen) atoms. The van der Waals surface area contributed by atoms with Gasteiger partial charge in [-0.1, -0.05) is 11.3 Å². The largest absolute Gasteiger partial charge is 0.398 e. The number of nitrogens with two attached hydrogens (primary N) is 1. The van der Waals surface area contributed by atoms with E-state index in [2.05, 4.69) is 10.3 Å². The second-order valence-electron chi connectivity index (χ2n) is 3.38. The zero-order chi connectivity index (χ0) is 11.0. The van der Waals surface area contributed by atoms with Gasteiger partial charge in [-0.2, -0.15) is 0 Å². The summed E-state index contributed by atoms with van der Waals surface area (Å²) in [7, 11) is 0. The fraction of sp³-hybridized carbons (Fsp3) is 0.200. The number of fused-ring (bicyclic) bond motifs is 1. The number of nitrogens with one attached hydrogen (secondary N) is 1. The Balaban J connectivity index is 2.51. The maximum atomic E-state index is 10.9. The minimum Gasteiger partial charge on any atom is -0.398 e. The predicted octanol–water partition coefficient (Wildman–Crippen LogP) is 2.15. The van der Waals surface area contributed by atoms with E-state index in [1.54, 1.807) is 0 Å². The van der Waals surface area contributed by atoms with Gasteiger partial charge in [0.05, 0.1) is 10.2 Å². The first-order valence-corrected chi connectivity index (χ1v) is 5.32. The smallest absolute Gasteiger partial charge is 0.223 e. The number of hydrogen-bond acceptors (Lipinski definition) is 4. The van der Waals surface area contributed by atoms with Gasteiger partial charge in [0.1, 0.15) is 0 Å². The Morgan fingerprint density at radius 3 is 2.93 bits per heavy atom. The van der Waals surface area contributed by atoms with E-state index in [1.165, 1.54) is 18.3 Å². The molecule has 1 heterocycles. The molecule has 0 bridgehead atoms. The highest BCUT2D eigenvalue weighted by molar-refractivity contribution is 7.22. The van der Waals surface area contributed by atoms with Gasteiger partial charge in [0.2, 0.25) is 5.91 Å². The average molecular weight is 221 g/mol. The summed E-state index contributed by atoms with van der Waals surface area (Å²) >= 11 is 1.45. The highest BCUT2D eigenvalue weighted by Crippen LogP contribution is 2.29. The first kappa shape index (κ1) is 9.92. The summed E-state index contributed by atoms with van der Waals surface area (Å²) in [5, 5.41) is 3.27. The number of thiazole rings is 1. The quantitative estimate of drug-likeness (QED) is 0.725. The molecule has 1 aromatic carbocycles. The highest BCUT2D eigenvalue weighted by atomic mass is 32.1. The molecule has 2 aromatic rings. The molecule has 1 amide bonds. The molecule has 3 N–H and O–H groups in total. The lowest BCUT2D eigenvalue weighted by Crippen LogP contribution is -2.04. The van der Waals surface area contributed by atoms with Crippen LogP contribution in [-0.2, 0) is 4.79 Å². The van der Waals surface area contributed by atoms with E-state index in [0.29, 0.717) is 5.13 Å². The number of aromatic nitrogens is 1. The van der Waals surface area contributed by atoms with E-state index in [0.717, 1.165) is 21.5 Å². The van der Waals surface area contributed by atoms with Gasteiger partial charge in [-0.25, -0.2) is 4.98 Å². The molecular formula is C10H11N3OS. The fourth-order valence-electron chi connectivity index (χ4n) is 1.30. The molecule has 5 heteroatoms. The third-order valence-electron chi connectivity index (χ3n) is 2.06. The van der Waals surface area contributed by atoms with Crippen molar-refractivity contribution in [3.63, 3.8) is 0 Å². The van der Waals surface area contributed by atoms with E-state index < -0.39 is 0 Å². The summed E-state index contributed by atoms with van der Waals surface area (Å²) in [6.45, 7) is 3.41. The predicted molar refractivity (Wildman–Crippen MR) is 63.1 cm³/mol. The third-order valence-corrected chi connectivity index (χ3v) is 2.99. The topological polar surface area (TPSA) is 68.0 Å². The molecule has 0 spiro atoms. The number of anilines is 2. The molecule has 0 unspecified atom stereocenters. The zero-order valence-electron chi connectivity index (χ0n) is 8.50. The minimum absolute atomic E-state index is 0.112. The Morgan fingerprint density at radius 2 is 2.27 bits per heavy atom. The first-order chi connectivity index (χ1) is 7.06. The summed E-state index contributed by atoms with van der Waals surface area (Å²) in [5.41, 5.74) is 8.35. The zero-order valence-corrected chi connectivity index (χ0v) is 9.31. The maximum absolute atomic E-state index is 10.9. The molecule has 0 aliphatic heterocycles. The van der Waals surface area contributed by atoms with Gasteiger partial charge in [0.15, 0.2) is 5.13 Å². The van der Waals surface area contributed by atoms with Crippen molar-refractivity contribution < 1.29 is 4.79 Å². The number of nitrogens with zero attached hydrogens (tertiary/aromatic N) is 1. The van der Waals surface area contributed by atoms with Gasteiger partial charge >= 0.3 is 0 Å². The Bertz CT molecular complexity index is 494. The second kappa shape index (κ2) is 3.51. The molecule has 78 valence electrons. The van der Waals surface area contributed by atoms with Crippen molar-refractivity contribution in [2.24, 2.45) is 0 Å². The molecule has 0 aliphatic carbocycles. The lowest BCUT2D eigenvalue weighted by molar-refractivity contribution is -0.114. The third kappa shape index (κ3) is 1.92. The lowest BCUT2D eigenvalue weighted by atomic mass is 10.2. The van der Waals surface area contributed by atoms with E-state index in [1.807, 2.05) is 19.1 Å². The molecule has 4 nitrogen and oxygen atoms in total. The number of rotatable bonds is 1. The number of hydrogen-bond donors (Lipinski definition) is 2. The van der Waals surface area contributed by atoms with Crippen LogP contribution >= 0.6 is 11.3 Å². The van der Waals surface area contributed by atoms with Crippen LogP contribution in [0.4, 0.5) is 10.8 Å². The number of amides is 1. The molecule has 0 atom stereocenters. The number of nitrogen functional groups attached to an aromatic ring is 1. The van der Waals surface area contributed by atoms with Crippen LogP contribution in [0.3, 0.4) is 0 Å². The summed E-state index contributed by atoms with van der Waals surface area (Å²) in [4.78, 5) is 15.1. The lowest BCUT2D eigenvalue weighted by Gasteiger charge is -1.96. The highest BCUT2D eigenvalue weighted by Gasteiger charge is 2.06. The first-order valence-electron chi connectivity index (χ1n) is 4.50. The van der Waals surface area contributed by atoms with Crippen molar-refractivity contribution in [2.75, 3.05) is 11.1 Å². The average Bonchev–Trinajstić information content (AvgIpc) is 2.46. The SMILES string of the molecule is CC(=O)Nc1nc2cc(N)c(C)cc2s1. The van der Waals surface area contributed by atoms with Crippen LogP contribution in [-0.4, -0.2) is 10.9 Å². The standard InChI is InChI=1S/C10H11N3OS/c1-5-3-9-8(4-7(5)11)13-10(15-9)12-6(2)14/h3-4H,11H2,1-2H3,(H,12,13,14). The number of carbonyl (C=O) groups is 1. The van der Waals surface area contributed by atoms with Crippen LogP contribution in [0.5, 0.6) is 0 Å². The summed E-state index contributed by atoms with van der Waals surface area (Å²) < 4.78 is 1.03. The molecule has 0 aliphatic rings. The van der Waals surface area contributed by atoms with Gasteiger partial charge in [0, 0.05) is 12.6 Å². The monoisotopic (exact) mass is 221 g/mol. The normalized spacial score (nSPS) is 10.5. The van der Waals surface area contributed by atoms with Gasteiger partial charge in [-0.05, 0) is 24.6 Å². The van der Waals surface area contributed by atoms with Crippen molar-refractivity contribution in [2.45, 2.75) is 13.8 Å². The summed E-state index contributed by atoms with van der Waals surface area (Å²) in [5.74, 6) is -0.112. The van der Waals surface area contributed by atoms with E-state index in [-0.39, 0.29) is 5.91 Å². The number of aryl methyl sites for hydroxylation is 1. The van der Waals surface area contributed by atoms with E-state index in [9.17, 15) is 4.79 Å². The van der Waals surface area contributed by atoms with Gasteiger partial charge in [0.25, 0.3) is 0 Å². The van der Waals surface area contributed by atoms with E-state index in [4.69, 9.17) is 5.73 Å². The van der Waals surface area contributed by atoms with Crippen LogP contribution < -0.4 is 11.1 Å². The Hall–Kier alpha value is -1.62. The van der Waals surface area contributed by atoms with Crippen molar-refractivity contribution in [3.05, 3.63) is 17.7 Å². The van der Waals surface area contributed by atoms with Crippen molar-refractivity contribution >= 4 is 38.3 Å². The number of carbonyl (C=O) groups excluding carboxylic acids is 1. The number of benzene rings is 1. The van der Waals surface area contributed by atoms with Gasteiger partial charge in [-0.3, -0.25) is 4.79 Å². The second-order valence-corrected chi connectivity index (χ2v) is 4.41. The molecule has 0 saturated carbocycles. The molecule has 0 fully saturated rings. The molecule has 0 saturated heterocycles. The Kier molecular flexibility index (Phi) is 2.32. The van der Waals surface area contributed by atoms with Crippen LogP contribution in [0.25, 0.3) is 10.2 Å². The Labute approximate surface area is 91.1 Å². The minimum atomic E-state index is -0.112. The summed E-state index contributed by atoms with van der Waals surface area (Å²) in [6, 6.07) is 3.81. The molecule has 1 aromatic heterocycles. The van der Waals surface area contributed by atoms with Crippen molar-refractivity contribution in [1.82, 2.24) is 4.98 Å².